The first-order chi connectivity index (χ1) is 18.0. The van der Waals surface area contributed by atoms with Crippen molar-refractivity contribution >= 4 is 11.7 Å². The zero-order valence-electron chi connectivity index (χ0n) is 18.6. The minimum atomic E-state index is -2.39. The van der Waals surface area contributed by atoms with Crippen LogP contribution in [0.15, 0.2) is 53.9 Å². The zero-order chi connectivity index (χ0) is 27.7. The van der Waals surface area contributed by atoms with E-state index in [1.165, 1.54) is 42.5 Å². The van der Waals surface area contributed by atoms with Crippen molar-refractivity contribution in [3.05, 3.63) is 104 Å². The van der Waals surface area contributed by atoms with Crippen LogP contribution in [0.25, 0.3) is 0 Å². The number of fused-ring (bicyclic) bond motifs is 1. The Kier molecular flexibility index (Phi) is 6.85. The van der Waals surface area contributed by atoms with Crippen LogP contribution in [0.1, 0.15) is 17.0 Å². The van der Waals surface area contributed by atoms with Gasteiger partial charge in [-0.3, -0.25) is 10.1 Å². The molecule has 0 aliphatic carbocycles. The van der Waals surface area contributed by atoms with E-state index in [1.807, 2.05) is 6.07 Å². The van der Waals surface area contributed by atoms with Gasteiger partial charge in [-0.25, -0.2) is 18.0 Å². The second kappa shape index (κ2) is 10.1. The summed E-state index contributed by atoms with van der Waals surface area (Å²) in [5.74, 6) is -15.5. The molecule has 38 heavy (non-hydrogen) atoms. The third kappa shape index (κ3) is 4.64. The number of benzene rings is 3. The van der Waals surface area contributed by atoms with Crippen molar-refractivity contribution in [2.45, 2.75) is 5.92 Å². The Balaban J connectivity index is 1.56. The first kappa shape index (κ1) is 25.9. The first-order valence-electron chi connectivity index (χ1n) is 10.3. The minimum Gasteiger partial charge on any atom is -0.476 e. The fraction of sp³-hybridized carbons (Fsp3) is 0.0833. The van der Waals surface area contributed by atoms with Crippen LogP contribution >= 0.6 is 0 Å². The highest BCUT2D eigenvalue weighted by atomic mass is 19.2. The predicted molar refractivity (Wildman–Crippen MR) is 116 cm³/mol. The number of ether oxygens (including phenoxy) is 3. The topological polar surface area (TPSA) is 138 Å². The largest absolute Gasteiger partial charge is 0.476 e. The molecule has 0 bridgehead atoms. The van der Waals surface area contributed by atoms with Crippen LogP contribution in [-0.4, -0.2) is 17.5 Å². The third-order valence-corrected chi connectivity index (χ3v) is 5.36. The van der Waals surface area contributed by atoms with Crippen molar-refractivity contribution < 1.29 is 45.9 Å². The Hall–Kier alpha value is -5.19. The van der Waals surface area contributed by atoms with Gasteiger partial charge in [0.25, 0.3) is 5.69 Å². The molecular formula is C24H12F5N3O6. The number of nitro benzene ring substituents is 1. The summed E-state index contributed by atoms with van der Waals surface area (Å²) in [6.07, 6.45) is 0. The quantitative estimate of drug-likeness (QED) is 0.0931. The summed E-state index contributed by atoms with van der Waals surface area (Å²) in [6, 6.07) is 11.2. The second-order valence-corrected chi connectivity index (χ2v) is 7.63. The van der Waals surface area contributed by atoms with Gasteiger partial charge in [-0.1, -0.05) is 18.2 Å². The molecule has 4 rings (SSSR count). The lowest BCUT2D eigenvalue weighted by atomic mass is 9.83. The molecule has 0 spiro atoms. The minimum absolute atomic E-state index is 0.0207. The van der Waals surface area contributed by atoms with E-state index in [4.69, 9.17) is 15.2 Å². The predicted octanol–water partition coefficient (Wildman–Crippen LogP) is 4.49. The Morgan fingerprint density at radius 1 is 1.03 bits per heavy atom. The summed E-state index contributed by atoms with van der Waals surface area (Å²) in [4.78, 5) is 22.5. The Morgan fingerprint density at radius 2 is 1.63 bits per heavy atom. The van der Waals surface area contributed by atoms with E-state index >= 15 is 0 Å². The number of carbonyl (C=O) groups is 1. The number of nitrogens with two attached hydrogens (primary N) is 1. The van der Waals surface area contributed by atoms with Crippen LogP contribution in [0, 0.1) is 50.5 Å². The van der Waals surface area contributed by atoms with Crippen LogP contribution in [0.2, 0.25) is 0 Å². The summed E-state index contributed by atoms with van der Waals surface area (Å²) in [6.45, 7) is -1.22. The van der Waals surface area contributed by atoms with Gasteiger partial charge in [-0.05, 0) is 11.6 Å². The van der Waals surface area contributed by atoms with Crippen molar-refractivity contribution in [1.29, 1.82) is 5.26 Å². The Bertz CT molecular complexity index is 1520. The highest BCUT2D eigenvalue weighted by molar-refractivity contribution is 5.74. The molecule has 0 saturated carbocycles. The maximum Gasteiger partial charge on any atom is 0.349 e. The van der Waals surface area contributed by atoms with Crippen LogP contribution in [0.4, 0.5) is 27.6 Å². The number of nitro groups is 1. The smallest absolute Gasteiger partial charge is 0.349 e. The van der Waals surface area contributed by atoms with Crippen molar-refractivity contribution in [3.8, 4) is 23.3 Å². The zero-order valence-corrected chi connectivity index (χ0v) is 18.6. The lowest BCUT2D eigenvalue weighted by molar-refractivity contribution is -0.384. The lowest BCUT2D eigenvalue weighted by Crippen LogP contribution is -2.22. The molecule has 1 aliphatic rings. The molecule has 14 heteroatoms. The molecule has 9 nitrogen and oxygen atoms in total. The molecule has 0 aromatic heterocycles. The fourth-order valence-corrected chi connectivity index (χ4v) is 3.63. The number of esters is 1. The van der Waals surface area contributed by atoms with E-state index in [-0.39, 0.29) is 28.6 Å². The van der Waals surface area contributed by atoms with Crippen LogP contribution in [0.3, 0.4) is 0 Å². The molecular weight excluding hydrogens is 521 g/mol. The van der Waals surface area contributed by atoms with Crippen LogP contribution in [0.5, 0.6) is 17.2 Å². The molecule has 1 heterocycles. The summed E-state index contributed by atoms with van der Waals surface area (Å²) in [5, 5.41) is 20.6. The molecule has 0 amide bonds. The number of hydrogen-bond acceptors (Lipinski definition) is 8. The molecule has 3 aromatic rings. The molecule has 3 aromatic carbocycles. The molecule has 194 valence electrons. The fourth-order valence-electron chi connectivity index (χ4n) is 3.63. The van der Waals surface area contributed by atoms with Gasteiger partial charge in [-0.15, -0.1) is 0 Å². The third-order valence-electron chi connectivity index (χ3n) is 5.36. The molecule has 0 saturated heterocycles. The van der Waals surface area contributed by atoms with Crippen molar-refractivity contribution in [2.75, 3.05) is 6.61 Å². The summed E-state index contributed by atoms with van der Waals surface area (Å²) >= 11 is 0. The van der Waals surface area contributed by atoms with E-state index in [2.05, 4.69) is 4.74 Å². The Labute approximate surface area is 209 Å². The number of nitriles is 1. The van der Waals surface area contributed by atoms with Gasteiger partial charge in [0.2, 0.25) is 35.0 Å². The monoisotopic (exact) mass is 533 g/mol. The first-order valence-corrected chi connectivity index (χ1v) is 10.3. The van der Waals surface area contributed by atoms with Gasteiger partial charge in [0.05, 0.1) is 10.8 Å². The SMILES string of the molecule is N#CC1=C(N)Oc2cc(OC(=O)COc3c(F)c(F)c(F)c(F)c3F)ccc2C1c1ccc([N+](=O)[O-])cc1. The van der Waals surface area contributed by atoms with Gasteiger partial charge >= 0.3 is 5.97 Å². The highest BCUT2D eigenvalue weighted by Crippen LogP contribution is 2.43. The second-order valence-electron chi connectivity index (χ2n) is 7.63. The molecule has 2 N–H and O–H groups in total. The van der Waals surface area contributed by atoms with E-state index < -0.39 is 58.3 Å². The van der Waals surface area contributed by atoms with Gasteiger partial charge in [-0.2, -0.15) is 14.0 Å². The number of carbonyl (C=O) groups excluding carboxylic acids is 1. The number of hydrogen-bond donors (Lipinski definition) is 1. The summed E-state index contributed by atoms with van der Waals surface area (Å²) in [7, 11) is 0. The van der Waals surface area contributed by atoms with Gasteiger partial charge in [0, 0.05) is 23.8 Å². The number of rotatable bonds is 6. The summed E-state index contributed by atoms with van der Waals surface area (Å²) < 4.78 is 82.1. The van der Waals surface area contributed by atoms with E-state index in [0.29, 0.717) is 11.1 Å². The highest BCUT2D eigenvalue weighted by Gasteiger charge is 2.32. The maximum atomic E-state index is 13.7. The van der Waals surface area contributed by atoms with Gasteiger partial charge in [0.1, 0.15) is 23.1 Å². The van der Waals surface area contributed by atoms with E-state index in [0.717, 1.165) is 0 Å². The van der Waals surface area contributed by atoms with Crippen molar-refractivity contribution in [2.24, 2.45) is 5.73 Å². The van der Waals surface area contributed by atoms with E-state index in [9.17, 15) is 42.1 Å². The normalized spacial score (nSPS) is 14.3. The molecule has 1 atom stereocenters. The molecule has 0 radical (unpaired) electrons. The number of non-ortho nitro benzene ring substituents is 1. The standard InChI is InChI=1S/C24H12F5N3O6/c25-18-19(26)21(28)23(22(29)20(18)27)36-9-16(33)37-12-5-6-13-15(7-12)38-24(31)14(8-30)17(13)10-1-3-11(4-2-10)32(34)35/h1-7,17H,9,31H2. The van der Waals surface area contributed by atoms with Gasteiger partial charge < -0.3 is 19.9 Å². The Morgan fingerprint density at radius 3 is 2.21 bits per heavy atom. The van der Waals surface area contributed by atoms with E-state index in [1.54, 1.807) is 0 Å². The average molecular weight is 533 g/mol. The number of allylic oxidation sites excluding steroid dienone is 1. The van der Waals surface area contributed by atoms with Crippen molar-refractivity contribution in [3.63, 3.8) is 0 Å². The lowest BCUT2D eigenvalue weighted by Gasteiger charge is -2.26. The number of halogens is 5. The molecule has 1 unspecified atom stereocenters. The van der Waals surface area contributed by atoms with Gasteiger partial charge in [0.15, 0.2) is 12.4 Å². The molecule has 0 fully saturated rings. The number of nitrogens with zero attached hydrogens (tertiary/aromatic N) is 2. The van der Waals surface area contributed by atoms with Crippen LogP contribution < -0.4 is 19.9 Å². The van der Waals surface area contributed by atoms with Crippen molar-refractivity contribution in [1.82, 2.24) is 0 Å². The molecule has 1 aliphatic heterocycles. The maximum absolute atomic E-state index is 13.7. The average Bonchev–Trinajstić information content (AvgIpc) is 2.90. The summed E-state index contributed by atoms with van der Waals surface area (Å²) in [5.41, 5.74) is 6.59. The van der Waals surface area contributed by atoms with Crippen LogP contribution in [-0.2, 0) is 4.79 Å².